The summed E-state index contributed by atoms with van der Waals surface area (Å²) in [4.78, 5) is 10.6. The summed E-state index contributed by atoms with van der Waals surface area (Å²) in [6, 6.07) is 6.83. The second-order valence-electron chi connectivity index (χ2n) is 4.76. The number of hydrogen-bond acceptors (Lipinski definition) is 4. The van der Waals surface area contributed by atoms with Crippen LogP contribution < -0.4 is 5.32 Å². The largest absolute Gasteiger partial charge is 0.372 e. The number of hydrogen-bond donors (Lipinski definition) is 1. The maximum Gasteiger partial charge on any atom is 0.144 e. The van der Waals surface area contributed by atoms with Crippen molar-refractivity contribution in [2.24, 2.45) is 0 Å². The number of nitrogens with zero attached hydrogens (tertiary/aromatic N) is 3. The molecule has 0 spiro atoms. The first-order valence-corrected chi connectivity index (χ1v) is 6.55. The van der Waals surface area contributed by atoms with Crippen molar-refractivity contribution in [3.63, 3.8) is 0 Å². The van der Waals surface area contributed by atoms with Crippen molar-refractivity contribution in [2.75, 3.05) is 19.4 Å². The van der Waals surface area contributed by atoms with Gasteiger partial charge in [-0.3, -0.25) is 9.88 Å². The van der Waals surface area contributed by atoms with E-state index in [4.69, 9.17) is 0 Å². The number of benzene rings is 1. The molecule has 0 saturated heterocycles. The van der Waals surface area contributed by atoms with Gasteiger partial charge in [-0.1, -0.05) is 18.2 Å². The minimum atomic E-state index is -0.177. The van der Waals surface area contributed by atoms with Crippen LogP contribution in [0.25, 0.3) is 0 Å². The number of halogens is 1. The molecule has 0 saturated carbocycles. The van der Waals surface area contributed by atoms with Crippen LogP contribution in [0.5, 0.6) is 0 Å². The average molecular weight is 274 g/mol. The summed E-state index contributed by atoms with van der Waals surface area (Å²) in [5.74, 6) is 0.557. The van der Waals surface area contributed by atoms with Crippen LogP contribution in [0.1, 0.15) is 24.2 Å². The third kappa shape index (κ3) is 3.30. The van der Waals surface area contributed by atoms with Gasteiger partial charge in [0.05, 0.1) is 18.1 Å². The van der Waals surface area contributed by atoms with E-state index in [-0.39, 0.29) is 11.9 Å². The van der Waals surface area contributed by atoms with Crippen molar-refractivity contribution in [1.29, 1.82) is 0 Å². The van der Waals surface area contributed by atoms with Crippen molar-refractivity contribution < 1.29 is 4.39 Å². The molecule has 1 heterocycles. The summed E-state index contributed by atoms with van der Waals surface area (Å²) >= 11 is 0. The lowest BCUT2D eigenvalue weighted by atomic mass is 10.1. The molecular weight excluding hydrogens is 255 g/mol. The molecule has 1 aromatic carbocycles. The van der Waals surface area contributed by atoms with Crippen LogP contribution in [0.2, 0.25) is 0 Å². The van der Waals surface area contributed by atoms with Crippen LogP contribution in [0.15, 0.2) is 36.7 Å². The maximum absolute atomic E-state index is 13.8. The Labute approximate surface area is 118 Å². The van der Waals surface area contributed by atoms with Crippen molar-refractivity contribution in [2.45, 2.75) is 19.5 Å². The molecule has 1 N–H and O–H groups in total. The molecule has 0 bridgehead atoms. The lowest BCUT2D eigenvalue weighted by Crippen LogP contribution is -2.23. The van der Waals surface area contributed by atoms with Gasteiger partial charge >= 0.3 is 0 Å². The van der Waals surface area contributed by atoms with E-state index in [1.54, 1.807) is 25.5 Å². The Bertz CT molecular complexity index is 556. The molecule has 2 rings (SSSR count). The minimum absolute atomic E-state index is 0.0259. The van der Waals surface area contributed by atoms with E-state index < -0.39 is 0 Å². The normalized spacial score (nSPS) is 12.4. The summed E-state index contributed by atoms with van der Waals surface area (Å²) in [6.07, 6.45) is 3.42. The lowest BCUT2D eigenvalue weighted by Gasteiger charge is -2.25. The Morgan fingerprint density at radius 3 is 2.60 bits per heavy atom. The van der Waals surface area contributed by atoms with Crippen molar-refractivity contribution >= 4 is 5.82 Å². The minimum Gasteiger partial charge on any atom is -0.372 e. The molecule has 1 unspecified atom stereocenters. The Hall–Kier alpha value is -2.01. The highest BCUT2D eigenvalue weighted by Gasteiger charge is 2.15. The predicted octanol–water partition coefficient (Wildman–Crippen LogP) is 2.85. The number of rotatable bonds is 5. The molecule has 20 heavy (non-hydrogen) atoms. The standard InChI is InChI=1S/C15H19FN4/c1-11(13-6-4-5-7-14(13)16)20(3)10-12-8-19-15(17-2)9-18-12/h4-9,11H,10H2,1-3H3,(H,17,19). The second kappa shape index (κ2) is 6.43. The topological polar surface area (TPSA) is 41.1 Å². The zero-order valence-corrected chi connectivity index (χ0v) is 12.0. The first kappa shape index (κ1) is 14.4. The fourth-order valence-electron chi connectivity index (χ4n) is 2.01. The summed E-state index contributed by atoms with van der Waals surface area (Å²) in [5.41, 5.74) is 1.55. The van der Waals surface area contributed by atoms with E-state index in [9.17, 15) is 4.39 Å². The molecule has 5 heteroatoms. The summed E-state index contributed by atoms with van der Waals surface area (Å²) < 4.78 is 13.8. The van der Waals surface area contributed by atoms with Crippen LogP contribution in [0.3, 0.4) is 0 Å². The molecule has 2 aromatic rings. The van der Waals surface area contributed by atoms with Crippen LogP contribution in [0, 0.1) is 5.82 Å². The Morgan fingerprint density at radius 1 is 1.25 bits per heavy atom. The third-order valence-corrected chi connectivity index (χ3v) is 3.39. The fraction of sp³-hybridized carbons (Fsp3) is 0.333. The highest BCUT2D eigenvalue weighted by molar-refractivity contribution is 5.29. The summed E-state index contributed by atoms with van der Waals surface area (Å²) in [5, 5.41) is 2.93. The molecule has 0 amide bonds. The van der Waals surface area contributed by atoms with Gasteiger partial charge in [0, 0.05) is 25.2 Å². The first-order chi connectivity index (χ1) is 9.61. The molecule has 0 aliphatic carbocycles. The van der Waals surface area contributed by atoms with Gasteiger partial charge in [0.25, 0.3) is 0 Å². The van der Waals surface area contributed by atoms with Crippen molar-refractivity contribution in [3.8, 4) is 0 Å². The van der Waals surface area contributed by atoms with E-state index in [0.29, 0.717) is 12.1 Å². The molecule has 0 aliphatic rings. The zero-order valence-electron chi connectivity index (χ0n) is 12.0. The molecule has 4 nitrogen and oxygen atoms in total. The molecule has 0 fully saturated rings. The second-order valence-corrected chi connectivity index (χ2v) is 4.76. The van der Waals surface area contributed by atoms with Crippen molar-refractivity contribution in [1.82, 2.24) is 14.9 Å². The summed E-state index contributed by atoms with van der Waals surface area (Å²) in [6.45, 7) is 2.60. The Kier molecular flexibility index (Phi) is 4.63. The van der Waals surface area contributed by atoms with Gasteiger partial charge < -0.3 is 5.32 Å². The highest BCUT2D eigenvalue weighted by atomic mass is 19.1. The van der Waals surface area contributed by atoms with Gasteiger partial charge in [0.1, 0.15) is 11.6 Å². The van der Waals surface area contributed by atoms with Gasteiger partial charge in [-0.2, -0.15) is 0 Å². The lowest BCUT2D eigenvalue weighted by molar-refractivity contribution is 0.245. The smallest absolute Gasteiger partial charge is 0.144 e. The van der Waals surface area contributed by atoms with Crippen molar-refractivity contribution in [3.05, 3.63) is 53.7 Å². The quantitative estimate of drug-likeness (QED) is 0.910. The van der Waals surface area contributed by atoms with Gasteiger partial charge in [-0.15, -0.1) is 0 Å². The number of aromatic nitrogens is 2. The number of nitrogens with one attached hydrogen (secondary N) is 1. The van der Waals surface area contributed by atoms with E-state index in [1.165, 1.54) is 6.07 Å². The maximum atomic E-state index is 13.8. The summed E-state index contributed by atoms with van der Waals surface area (Å²) in [7, 11) is 3.75. The Morgan fingerprint density at radius 2 is 2.00 bits per heavy atom. The van der Waals surface area contributed by atoms with E-state index in [1.807, 2.05) is 31.0 Å². The van der Waals surface area contributed by atoms with E-state index in [0.717, 1.165) is 11.5 Å². The first-order valence-electron chi connectivity index (χ1n) is 6.55. The van der Waals surface area contributed by atoms with Gasteiger partial charge in [-0.25, -0.2) is 9.37 Å². The third-order valence-electron chi connectivity index (χ3n) is 3.39. The fourth-order valence-corrected chi connectivity index (χ4v) is 2.01. The van der Waals surface area contributed by atoms with Gasteiger partial charge in [-0.05, 0) is 20.0 Å². The van der Waals surface area contributed by atoms with Gasteiger partial charge in [0.15, 0.2) is 0 Å². The molecule has 1 aromatic heterocycles. The van der Waals surface area contributed by atoms with Crippen LogP contribution in [0.4, 0.5) is 10.2 Å². The van der Waals surface area contributed by atoms with Gasteiger partial charge in [0.2, 0.25) is 0 Å². The monoisotopic (exact) mass is 274 g/mol. The number of anilines is 1. The molecule has 0 aliphatic heterocycles. The average Bonchev–Trinajstić information content (AvgIpc) is 2.48. The predicted molar refractivity (Wildman–Crippen MR) is 77.9 cm³/mol. The van der Waals surface area contributed by atoms with E-state index >= 15 is 0 Å². The SMILES string of the molecule is CNc1cnc(CN(C)C(C)c2ccccc2F)cn1. The molecule has 106 valence electrons. The molecular formula is C15H19FN4. The molecule has 0 radical (unpaired) electrons. The zero-order chi connectivity index (χ0) is 14.5. The van der Waals surface area contributed by atoms with Crippen LogP contribution >= 0.6 is 0 Å². The van der Waals surface area contributed by atoms with Crippen LogP contribution in [-0.2, 0) is 6.54 Å². The Balaban J connectivity index is 2.07. The van der Waals surface area contributed by atoms with Crippen LogP contribution in [-0.4, -0.2) is 29.0 Å². The highest BCUT2D eigenvalue weighted by Crippen LogP contribution is 2.22. The van der Waals surface area contributed by atoms with E-state index in [2.05, 4.69) is 15.3 Å². The molecule has 1 atom stereocenters.